The third kappa shape index (κ3) is 2.50. The monoisotopic (exact) mass is 156 g/mol. The number of amides is 1. The molecule has 0 radical (unpaired) electrons. The number of carbonyl (C=O) groups is 1. The predicted octanol–water partition coefficient (Wildman–Crippen LogP) is 0.392. The third-order valence-electron chi connectivity index (χ3n) is 2.16. The van der Waals surface area contributed by atoms with Gasteiger partial charge in [0.2, 0.25) is 5.91 Å². The molecular formula is C8H16N2O. The van der Waals surface area contributed by atoms with Gasteiger partial charge >= 0.3 is 0 Å². The molecule has 0 aliphatic heterocycles. The van der Waals surface area contributed by atoms with Gasteiger partial charge in [-0.2, -0.15) is 0 Å². The Morgan fingerprint density at radius 2 is 2.36 bits per heavy atom. The molecule has 0 heterocycles. The molecule has 0 saturated heterocycles. The highest BCUT2D eigenvalue weighted by Crippen LogP contribution is 2.16. The summed E-state index contributed by atoms with van der Waals surface area (Å²) in [6.07, 6.45) is 3.62. The van der Waals surface area contributed by atoms with E-state index >= 15 is 0 Å². The van der Waals surface area contributed by atoms with Crippen molar-refractivity contribution in [2.45, 2.75) is 44.7 Å². The van der Waals surface area contributed by atoms with Crippen LogP contribution < -0.4 is 11.1 Å². The Balaban J connectivity index is 2.23. The van der Waals surface area contributed by atoms with E-state index in [-0.39, 0.29) is 5.91 Å². The lowest BCUT2D eigenvalue weighted by atomic mass is 10.2. The molecule has 11 heavy (non-hydrogen) atoms. The molecule has 1 aliphatic rings. The van der Waals surface area contributed by atoms with Gasteiger partial charge in [0.25, 0.3) is 0 Å². The molecule has 3 heteroatoms. The maximum atomic E-state index is 10.9. The van der Waals surface area contributed by atoms with E-state index < -0.39 is 0 Å². The molecule has 1 saturated carbocycles. The van der Waals surface area contributed by atoms with Crippen molar-refractivity contribution in [1.29, 1.82) is 0 Å². The number of carbonyl (C=O) groups excluding carboxylic acids is 1. The normalized spacial score (nSPS) is 30.4. The first kappa shape index (κ1) is 8.53. The molecule has 2 atom stereocenters. The predicted molar refractivity (Wildman–Crippen MR) is 44.0 cm³/mol. The van der Waals surface area contributed by atoms with Crippen LogP contribution in [0.2, 0.25) is 0 Å². The van der Waals surface area contributed by atoms with Gasteiger partial charge in [-0.1, -0.05) is 6.92 Å². The van der Waals surface area contributed by atoms with Gasteiger partial charge in [0.15, 0.2) is 0 Å². The van der Waals surface area contributed by atoms with Gasteiger partial charge in [0, 0.05) is 18.5 Å². The van der Waals surface area contributed by atoms with Crippen molar-refractivity contribution in [3.63, 3.8) is 0 Å². The van der Waals surface area contributed by atoms with E-state index in [1.165, 1.54) is 0 Å². The quantitative estimate of drug-likeness (QED) is 0.607. The summed E-state index contributed by atoms with van der Waals surface area (Å²) in [5.41, 5.74) is 5.69. The lowest BCUT2D eigenvalue weighted by Crippen LogP contribution is -2.33. The van der Waals surface area contributed by atoms with Gasteiger partial charge in [0.05, 0.1) is 0 Å². The Labute approximate surface area is 67.3 Å². The molecule has 0 unspecified atom stereocenters. The second-order valence-electron chi connectivity index (χ2n) is 3.19. The van der Waals surface area contributed by atoms with Crippen LogP contribution in [0, 0.1) is 0 Å². The van der Waals surface area contributed by atoms with E-state index in [2.05, 4.69) is 5.32 Å². The molecule has 1 aliphatic carbocycles. The zero-order chi connectivity index (χ0) is 8.27. The summed E-state index contributed by atoms with van der Waals surface area (Å²) < 4.78 is 0. The van der Waals surface area contributed by atoms with Gasteiger partial charge in [0.1, 0.15) is 0 Å². The van der Waals surface area contributed by atoms with Crippen molar-refractivity contribution in [2.75, 3.05) is 0 Å². The first-order valence-corrected chi connectivity index (χ1v) is 4.27. The summed E-state index contributed by atoms with van der Waals surface area (Å²) in [6, 6.07) is 0.648. The Morgan fingerprint density at radius 3 is 2.82 bits per heavy atom. The first-order valence-electron chi connectivity index (χ1n) is 4.27. The number of rotatable bonds is 2. The molecule has 1 rings (SSSR count). The van der Waals surface area contributed by atoms with E-state index in [4.69, 9.17) is 5.73 Å². The van der Waals surface area contributed by atoms with Gasteiger partial charge < -0.3 is 11.1 Å². The van der Waals surface area contributed by atoms with Crippen molar-refractivity contribution in [3.05, 3.63) is 0 Å². The topological polar surface area (TPSA) is 55.1 Å². The van der Waals surface area contributed by atoms with Gasteiger partial charge in [-0.15, -0.1) is 0 Å². The summed E-state index contributed by atoms with van der Waals surface area (Å²) in [4.78, 5) is 10.9. The van der Waals surface area contributed by atoms with Crippen LogP contribution in [0.5, 0.6) is 0 Å². The standard InChI is InChI=1S/C8H16N2O/c1-2-8(11)10-7-4-3-6(9)5-7/h6-7H,2-5,9H2,1H3,(H,10,11)/t6-,7+/m0/s1. The number of nitrogens with two attached hydrogens (primary N) is 1. The zero-order valence-electron chi connectivity index (χ0n) is 6.97. The van der Waals surface area contributed by atoms with Crippen LogP contribution in [0.4, 0.5) is 0 Å². The van der Waals surface area contributed by atoms with E-state index in [0.29, 0.717) is 18.5 Å². The molecule has 0 aromatic heterocycles. The maximum Gasteiger partial charge on any atom is 0.219 e. The minimum Gasteiger partial charge on any atom is -0.353 e. The molecule has 1 amide bonds. The lowest BCUT2D eigenvalue weighted by molar-refractivity contribution is -0.121. The van der Waals surface area contributed by atoms with Crippen molar-refractivity contribution in [1.82, 2.24) is 5.32 Å². The van der Waals surface area contributed by atoms with Gasteiger partial charge in [-0.25, -0.2) is 0 Å². The average Bonchev–Trinajstić information content (AvgIpc) is 2.35. The number of hydrogen-bond donors (Lipinski definition) is 2. The van der Waals surface area contributed by atoms with Crippen LogP contribution in [-0.4, -0.2) is 18.0 Å². The van der Waals surface area contributed by atoms with Crippen LogP contribution in [0.25, 0.3) is 0 Å². The fourth-order valence-corrected chi connectivity index (χ4v) is 1.48. The second kappa shape index (κ2) is 3.72. The molecule has 0 aromatic carbocycles. The Morgan fingerprint density at radius 1 is 1.64 bits per heavy atom. The summed E-state index contributed by atoms with van der Waals surface area (Å²) in [5, 5.41) is 2.94. The molecule has 0 aromatic rings. The molecule has 64 valence electrons. The highest BCUT2D eigenvalue weighted by molar-refractivity contribution is 5.75. The van der Waals surface area contributed by atoms with Crippen molar-refractivity contribution < 1.29 is 4.79 Å². The summed E-state index contributed by atoms with van der Waals surface area (Å²) in [5.74, 6) is 0.143. The minimum atomic E-state index is 0.143. The van der Waals surface area contributed by atoms with Crippen LogP contribution in [0.3, 0.4) is 0 Å². The maximum absolute atomic E-state index is 10.9. The Kier molecular flexibility index (Phi) is 2.88. The highest BCUT2D eigenvalue weighted by Gasteiger charge is 2.22. The molecule has 0 bridgehead atoms. The average molecular weight is 156 g/mol. The zero-order valence-corrected chi connectivity index (χ0v) is 6.97. The van der Waals surface area contributed by atoms with Crippen LogP contribution in [0.1, 0.15) is 32.6 Å². The molecule has 3 N–H and O–H groups in total. The number of hydrogen-bond acceptors (Lipinski definition) is 2. The first-order chi connectivity index (χ1) is 5.22. The van der Waals surface area contributed by atoms with Crippen LogP contribution in [-0.2, 0) is 4.79 Å². The van der Waals surface area contributed by atoms with Crippen molar-refractivity contribution >= 4 is 5.91 Å². The Hall–Kier alpha value is -0.570. The SMILES string of the molecule is CCC(=O)N[C@@H]1CC[C@H](N)C1. The van der Waals surface area contributed by atoms with Crippen molar-refractivity contribution in [3.8, 4) is 0 Å². The minimum absolute atomic E-state index is 0.143. The number of nitrogens with one attached hydrogen (secondary N) is 1. The van der Waals surface area contributed by atoms with E-state index in [1.807, 2.05) is 6.92 Å². The molecule has 3 nitrogen and oxygen atoms in total. The van der Waals surface area contributed by atoms with Crippen molar-refractivity contribution in [2.24, 2.45) is 5.73 Å². The van der Waals surface area contributed by atoms with E-state index in [1.54, 1.807) is 0 Å². The highest BCUT2D eigenvalue weighted by atomic mass is 16.1. The van der Waals surface area contributed by atoms with Gasteiger partial charge in [-0.05, 0) is 19.3 Å². The Bertz CT molecular complexity index is 147. The van der Waals surface area contributed by atoms with E-state index in [9.17, 15) is 4.79 Å². The van der Waals surface area contributed by atoms with Crippen LogP contribution >= 0.6 is 0 Å². The summed E-state index contributed by atoms with van der Waals surface area (Å²) in [7, 11) is 0. The van der Waals surface area contributed by atoms with Crippen LogP contribution in [0.15, 0.2) is 0 Å². The fraction of sp³-hybridized carbons (Fsp3) is 0.875. The third-order valence-corrected chi connectivity index (χ3v) is 2.16. The van der Waals surface area contributed by atoms with Gasteiger partial charge in [-0.3, -0.25) is 4.79 Å². The largest absolute Gasteiger partial charge is 0.353 e. The molecule has 0 spiro atoms. The molecule has 1 fully saturated rings. The second-order valence-corrected chi connectivity index (χ2v) is 3.19. The smallest absolute Gasteiger partial charge is 0.219 e. The lowest BCUT2D eigenvalue weighted by Gasteiger charge is -2.10. The fourth-order valence-electron chi connectivity index (χ4n) is 1.48. The summed E-state index contributed by atoms with van der Waals surface area (Å²) >= 11 is 0. The molecular weight excluding hydrogens is 140 g/mol. The summed E-state index contributed by atoms with van der Waals surface area (Å²) in [6.45, 7) is 1.87. The van der Waals surface area contributed by atoms with E-state index in [0.717, 1.165) is 19.3 Å².